The lowest BCUT2D eigenvalue weighted by atomic mass is 10.2. The van der Waals surface area contributed by atoms with Crippen LogP contribution in [0.25, 0.3) is 0 Å². The van der Waals surface area contributed by atoms with Crippen LogP contribution in [-0.4, -0.2) is 19.7 Å². The third-order valence-electron chi connectivity index (χ3n) is 3.74. The predicted octanol–water partition coefficient (Wildman–Crippen LogP) is 3.24. The number of halogens is 1. The standard InChI is InChI=1S/C17H19FN2O/c18-14-6-5-13-7-9-20(17(13)11-14)8-2-10-21-16-4-1-3-15(19)12-16/h1,3-6,11-12H,2,7-10,19H2. The summed E-state index contributed by atoms with van der Waals surface area (Å²) in [6.07, 6.45) is 1.89. The molecule has 21 heavy (non-hydrogen) atoms. The van der Waals surface area contributed by atoms with Crippen LogP contribution in [0.15, 0.2) is 42.5 Å². The molecule has 110 valence electrons. The van der Waals surface area contributed by atoms with Gasteiger partial charge in [-0.25, -0.2) is 4.39 Å². The molecule has 0 aromatic heterocycles. The smallest absolute Gasteiger partial charge is 0.125 e. The second-order valence-electron chi connectivity index (χ2n) is 5.28. The van der Waals surface area contributed by atoms with E-state index in [2.05, 4.69) is 4.90 Å². The molecule has 0 atom stereocenters. The summed E-state index contributed by atoms with van der Waals surface area (Å²) >= 11 is 0. The molecule has 1 aliphatic rings. The van der Waals surface area contributed by atoms with Crippen LogP contribution in [0.3, 0.4) is 0 Å². The lowest BCUT2D eigenvalue weighted by Gasteiger charge is -2.19. The first kappa shape index (κ1) is 13.7. The molecule has 0 saturated carbocycles. The first-order chi connectivity index (χ1) is 10.2. The minimum atomic E-state index is -0.170. The Morgan fingerprint density at radius 2 is 2.10 bits per heavy atom. The summed E-state index contributed by atoms with van der Waals surface area (Å²) in [7, 11) is 0. The molecule has 0 aliphatic carbocycles. The molecule has 0 bridgehead atoms. The molecule has 3 rings (SSSR count). The van der Waals surface area contributed by atoms with Crippen LogP contribution in [0.5, 0.6) is 5.75 Å². The molecule has 0 fully saturated rings. The van der Waals surface area contributed by atoms with Gasteiger partial charge in [-0.1, -0.05) is 12.1 Å². The number of anilines is 2. The normalized spacial score (nSPS) is 13.3. The Balaban J connectivity index is 1.50. The van der Waals surface area contributed by atoms with Crippen molar-refractivity contribution in [3.63, 3.8) is 0 Å². The molecule has 3 nitrogen and oxygen atoms in total. The first-order valence-electron chi connectivity index (χ1n) is 7.24. The van der Waals surface area contributed by atoms with E-state index in [0.717, 1.165) is 37.4 Å². The Bertz CT molecular complexity index is 630. The van der Waals surface area contributed by atoms with Crippen LogP contribution >= 0.6 is 0 Å². The molecule has 2 aromatic carbocycles. The highest BCUT2D eigenvalue weighted by atomic mass is 19.1. The van der Waals surface area contributed by atoms with Gasteiger partial charge in [0.2, 0.25) is 0 Å². The topological polar surface area (TPSA) is 38.5 Å². The molecular weight excluding hydrogens is 267 g/mol. The van der Waals surface area contributed by atoms with Crippen LogP contribution in [-0.2, 0) is 6.42 Å². The van der Waals surface area contributed by atoms with E-state index in [1.807, 2.05) is 30.3 Å². The average Bonchev–Trinajstić information content (AvgIpc) is 2.86. The highest BCUT2D eigenvalue weighted by Crippen LogP contribution is 2.28. The van der Waals surface area contributed by atoms with Gasteiger partial charge in [0.1, 0.15) is 11.6 Å². The van der Waals surface area contributed by atoms with Crippen molar-refractivity contribution in [3.05, 3.63) is 53.8 Å². The van der Waals surface area contributed by atoms with Crippen molar-refractivity contribution < 1.29 is 9.13 Å². The minimum Gasteiger partial charge on any atom is -0.493 e. The summed E-state index contributed by atoms with van der Waals surface area (Å²) in [6.45, 7) is 2.46. The van der Waals surface area contributed by atoms with Crippen molar-refractivity contribution in [2.24, 2.45) is 0 Å². The summed E-state index contributed by atoms with van der Waals surface area (Å²) in [6, 6.07) is 12.5. The predicted molar refractivity (Wildman–Crippen MR) is 83.3 cm³/mol. The second-order valence-corrected chi connectivity index (χ2v) is 5.28. The Morgan fingerprint density at radius 1 is 1.19 bits per heavy atom. The Hall–Kier alpha value is -2.23. The van der Waals surface area contributed by atoms with Crippen LogP contribution < -0.4 is 15.4 Å². The molecular formula is C17H19FN2O. The van der Waals surface area contributed by atoms with Gasteiger partial charge in [0.25, 0.3) is 0 Å². The molecule has 0 unspecified atom stereocenters. The molecule has 1 heterocycles. The van der Waals surface area contributed by atoms with E-state index in [1.165, 1.54) is 11.6 Å². The van der Waals surface area contributed by atoms with Crippen LogP contribution in [0, 0.1) is 5.82 Å². The lowest BCUT2D eigenvalue weighted by molar-refractivity contribution is 0.312. The minimum absolute atomic E-state index is 0.170. The lowest BCUT2D eigenvalue weighted by Crippen LogP contribution is -2.23. The van der Waals surface area contributed by atoms with E-state index in [4.69, 9.17) is 10.5 Å². The van der Waals surface area contributed by atoms with Gasteiger partial charge >= 0.3 is 0 Å². The van der Waals surface area contributed by atoms with Gasteiger partial charge < -0.3 is 15.4 Å². The number of ether oxygens (including phenoxy) is 1. The largest absolute Gasteiger partial charge is 0.493 e. The van der Waals surface area contributed by atoms with Crippen LogP contribution in [0.4, 0.5) is 15.8 Å². The zero-order valence-electron chi connectivity index (χ0n) is 11.9. The van der Waals surface area contributed by atoms with E-state index in [9.17, 15) is 4.39 Å². The van der Waals surface area contributed by atoms with Crippen molar-refractivity contribution in [2.75, 3.05) is 30.3 Å². The van der Waals surface area contributed by atoms with E-state index in [-0.39, 0.29) is 5.82 Å². The molecule has 0 radical (unpaired) electrons. The van der Waals surface area contributed by atoms with Crippen LogP contribution in [0.1, 0.15) is 12.0 Å². The molecule has 1 aliphatic heterocycles. The van der Waals surface area contributed by atoms with Gasteiger partial charge in [0.15, 0.2) is 0 Å². The monoisotopic (exact) mass is 286 g/mol. The molecule has 0 saturated heterocycles. The number of benzene rings is 2. The SMILES string of the molecule is Nc1cccc(OCCCN2CCc3ccc(F)cc32)c1. The second kappa shape index (κ2) is 6.04. The van der Waals surface area contributed by atoms with Gasteiger partial charge in [0.05, 0.1) is 6.61 Å². The van der Waals surface area contributed by atoms with E-state index in [0.29, 0.717) is 12.3 Å². The van der Waals surface area contributed by atoms with Crippen molar-refractivity contribution >= 4 is 11.4 Å². The molecule has 0 spiro atoms. The van der Waals surface area contributed by atoms with E-state index < -0.39 is 0 Å². The Labute approximate surface area is 124 Å². The number of hydrogen-bond acceptors (Lipinski definition) is 3. The van der Waals surface area contributed by atoms with Gasteiger partial charge in [-0.05, 0) is 42.7 Å². The third-order valence-corrected chi connectivity index (χ3v) is 3.74. The maximum atomic E-state index is 13.3. The van der Waals surface area contributed by atoms with E-state index in [1.54, 1.807) is 6.07 Å². The summed E-state index contributed by atoms with van der Waals surface area (Å²) in [5.41, 5.74) is 8.67. The fourth-order valence-electron chi connectivity index (χ4n) is 2.70. The van der Waals surface area contributed by atoms with Gasteiger partial charge in [0, 0.05) is 30.5 Å². The summed E-state index contributed by atoms with van der Waals surface area (Å²) < 4.78 is 19.0. The third kappa shape index (κ3) is 3.27. The number of nitrogen functional groups attached to an aromatic ring is 1. The Morgan fingerprint density at radius 3 is 2.95 bits per heavy atom. The van der Waals surface area contributed by atoms with E-state index >= 15 is 0 Å². The number of nitrogens with zero attached hydrogens (tertiary/aromatic N) is 1. The van der Waals surface area contributed by atoms with Gasteiger partial charge in [-0.2, -0.15) is 0 Å². The quantitative estimate of drug-likeness (QED) is 0.677. The molecule has 4 heteroatoms. The van der Waals surface area contributed by atoms with Crippen molar-refractivity contribution in [2.45, 2.75) is 12.8 Å². The summed E-state index contributed by atoms with van der Waals surface area (Å²) in [5, 5.41) is 0. The van der Waals surface area contributed by atoms with Crippen molar-refractivity contribution in [1.82, 2.24) is 0 Å². The molecule has 2 aromatic rings. The maximum Gasteiger partial charge on any atom is 0.125 e. The Kier molecular flexibility index (Phi) is 3.95. The highest BCUT2D eigenvalue weighted by molar-refractivity contribution is 5.58. The number of fused-ring (bicyclic) bond motifs is 1. The molecule has 0 amide bonds. The number of hydrogen-bond donors (Lipinski definition) is 1. The maximum absolute atomic E-state index is 13.3. The zero-order chi connectivity index (χ0) is 14.7. The average molecular weight is 286 g/mol. The fraction of sp³-hybridized carbons (Fsp3) is 0.294. The highest BCUT2D eigenvalue weighted by Gasteiger charge is 2.18. The first-order valence-corrected chi connectivity index (χ1v) is 7.24. The number of nitrogens with two attached hydrogens (primary N) is 1. The van der Waals surface area contributed by atoms with Crippen LogP contribution in [0.2, 0.25) is 0 Å². The van der Waals surface area contributed by atoms with Gasteiger partial charge in [-0.3, -0.25) is 0 Å². The van der Waals surface area contributed by atoms with Crippen molar-refractivity contribution in [1.29, 1.82) is 0 Å². The van der Waals surface area contributed by atoms with Crippen molar-refractivity contribution in [3.8, 4) is 5.75 Å². The van der Waals surface area contributed by atoms with Gasteiger partial charge in [-0.15, -0.1) is 0 Å². The zero-order valence-corrected chi connectivity index (χ0v) is 11.9. The fourth-order valence-corrected chi connectivity index (χ4v) is 2.70. The summed E-state index contributed by atoms with van der Waals surface area (Å²) in [5.74, 6) is 0.625. The molecule has 2 N–H and O–H groups in total. The summed E-state index contributed by atoms with van der Waals surface area (Å²) in [4.78, 5) is 2.22. The number of rotatable bonds is 5.